The Morgan fingerprint density at radius 3 is 2.57 bits per heavy atom. The van der Waals surface area contributed by atoms with Crippen molar-refractivity contribution < 1.29 is 13.9 Å². The van der Waals surface area contributed by atoms with Crippen molar-refractivity contribution in [2.45, 2.75) is 19.4 Å². The molecule has 0 aromatic heterocycles. The highest BCUT2D eigenvalue weighted by Crippen LogP contribution is 2.41. The predicted molar refractivity (Wildman–Crippen MR) is 49.7 cm³/mol. The summed E-state index contributed by atoms with van der Waals surface area (Å²) in [4.78, 5) is 0. The minimum absolute atomic E-state index is 0.0549. The van der Waals surface area contributed by atoms with Gasteiger partial charge in [-0.3, -0.25) is 0 Å². The van der Waals surface area contributed by atoms with Crippen LogP contribution in [0.15, 0.2) is 12.1 Å². The standard InChI is InChI=1S/C10H12FNO2/c1-10(2,12)6-3-4-7(11)9-8(6)13-5-14-9/h3-4H,5,12H2,1-2H3. The fourth-order valence-corrected chi connectivity index (χ4v) is 1.47. The Hall–Kier alpha value is -1.29. The smallest absolute Gasteiger partial charge is 0.231 e. The van der Waals surface area contributed by atoms with Gasteiger partial charge < -0.3 is 15.2 Å². The van der Waals surface area contributed by atoms with E-state index in [1.807, 2.05) is 13.8 Å². The Morgan fingerprint density at radius 1 is 1.29 bits per heavy atom. The molecule has 76 valence electrons. The molecule has 2 N–H and O–H groups in total. The van der Waals surface area contributed by atoms with Crippen LogP contribution in [-0.4, -0.2) is 6.79 Å². The largest absolute Gasteiger partial charge is 0.453 e. The number of nitrogens with two attached hydrogens (primary N) is 1. The Bertz CT molecular complexity index is 371. The van der Waals surface area contributed by atoms with Crippen LogP contribution in [0.1, 0.15) is 19.4 Å². The van der Waals surface area contributed by atoms with Crippen LogP contribution in [0.4, 0.5) is 4.39 Å². The molecule has 0 saturated heterocycles. The minimum Gasteiger partial charge on any atom is -0.453 e. The SMILES string of the molecule is CC(C)(N)c1ccc(F)c2c1OCO2. The van der Waals surface area contributed by atoms with E-state index in [9.17, 15) is 4.39 Å². The normalized spacial score (nSPS) is 14.6. The zero-order valence-corrected chi connectivity index (χ0v) is 8.13. The average molecular weight is 197 g/mol. The lowest BCUT2D eigenvalue weighted by atomic mass is 9.94. The second-order valence-electron chi connectivity index (χ2n) is 3.88. The van der Waals surface area contributed by atoms with Gasteiger partial charge in [-0.1, -0.05) is 6.07 Å². The number of rotatable bonds is 1. The maximum absolute atomic E-state index is 13.2. The van der Waals surface area contributed by atoms with Crippen molar-refractivity contribution in [1.82, 2.24) is 0 Å². The quantitative estimate of drug-likeness (QED) is 0.745. The van der Waals surface area contributed by atoms with Gasteiger partial charge in [0.15, 0.2) is 11.6 Å². The van der Waals surface area contributed by atoms with E-state index in [0.717, 1.165) is 5.56 Å². The lowest BCUT2D eigenvalue weighted by molar-refractivity contribution is 0.169. The lowest BCUT2D eigenvalue weighted by Gasteiger charge is -2.20. The highest BCUT2D eigenvalue weighted by atomic mass is 19.1. The maximum atomic E-state index is 13.2. The Morgan fingerprint density at radius 2 is 1.93 bits per heavy atom. The summed E-state index contributed by atoms with van der Waals surface area (Å²) in [6, 6.07) is 2.97. The van der Waals surface area contributed by atoms with Crippen molar-refractivity contribution in [1.29, 1.82) is 0 Å². The first-order valence-corrected chi connectivity index (χ1v) is 4.37. The molecule has 0 amide bonds. The van der Waals surface area contributed by atoms with E-state index in [4.69, 9.17) is 15.2 Å². The summed E-state index contributed by atoms with van der Waals surface area (Å²) in [7, 11) is 0. The van der Waals surface area contributed by atoms with Crippen LogP contribution >= 0.6 is 0 Å². The van der Waals surface area contributed by atoms with E-state index >= 15 is 0 Å². The van der Waals surface area contributed by atoms with Gasteiger partial charge in [0.1, 0.15) is 0 Å². The number of ether oxygens (including phenoxy) is 2. The van der Waals surface area contributed by atoms with Gasteiger partial charge in [-0.05, 0) is 19.9 Å². The number of hydrogen-bond donors (Lipinski definition) is 1. The van der Waals surface area contributed by atoms with Gasteiger partial charge >= 0.3 is 0 Å². The molecule has 1 aliphatic rings. The fourth-order valence-electron chi connectivity index (χ4n) is 1.47. The molecule has 14 heavy (non-hydrogen) atoms. The average Bonchev–Trinajstić information content (AvgIpc) is 2.50. The molecular weight excluding hydrogens is 185 g/mol. The van der Waals surface area contributed by atoms with Crippen LogP contribution in [0, 0.1) is 5.82 Å². The van der Waals surface area contributed by atoms with E-state index in [2.05, 4.69) is 0 Å². The van der Waals surface area contributed by atoms with Crippen molar-refractivity contribution in [2.24, 2.45) is 5.73 Å². The molecule has 3 nitrogen and oxygen atoms in total. The highest BCUT2D eigenvalue weighted by molar-refractivity contribution is 5.51. The zero-order chi connectivity index (χ0) is 10.3. The summed E-state index contributed by atoms with van der Waals surface area (Å²) in [6.07, 6.45) is 0. The number of fused-ring (bicyclic) bond motifs is 1. The van der Waals surface area contributed by atoms with Gasteiger partial charge in [0, 0.05) is 11.1 Å². The van der Waals surface area contributed by atoms with E-state index in [1.165, 1.54) is 6.07 Å². The van der Waals surface area contributed by atoms with Crippen LogP contribution in [0.25, 0.3) is 0 Å². The molecule has 0 fully saturated rings. The van der Waals surface area contributed by atoms with Crippen molar-refractivity contribution in [3.05, 3.63) is 23.5 Å². The van der Waals surface area contributed by atoms with Crippen LogP contribution in [-0.2, 0) is 5.54 Å². The first-order valence-electron chi connectivity index (χ1n) is 4.37. The fraction of sp³-hybridized carbons (Fsp3) is 0.400. The van der Waals surface area contributed by atoms with Crippen LogP contribution in [0.2, 0.25) is 0 Å². The van der Waals surface area contributed by atoms with Gasteiger partial charge in [-0.15, -0.1) is 0 Å². The molecule has 0 aliphatic carbocycles. The molecule has 1 aromatic carbocycles. The van der Waals surface area contributed by atoms with E-state index in [0.29, 0.717) is 5.75 Å². The first kappa shape index (κ1) is 9.27. The van der Waals surface area contributed by atoms with Crippen molar-refractivity contribution in [2.75, 3.05) is 6.79 Å². The summed E-state index contributed by atoms with van der Waals surface area (Å²) in [5.74, 6) is 0.184. The van der Waals surface area contributed by atoms with Gasteiger partial charge in [-0.25, -0.2) is 4.39 Å². The van der Waals surface area contributed by atoms with E-state index < -0.39 is 11.4 Å². The summed E-state index contributed by atoms with van der Waals surface area (Å²) < 4.78 is 23.4. The summed E-state index contributed by atoms with van der Waals surface area (Å²) in [5.41, 5.74) is 6.11. The van der Waals surface area contributed by atoms with Crippen LogP contribution in [0.3, 0.4) is 0 Å². The monoisotopic (exact) mass is 197 g/mol. The molecule has 1 heterocycles. The zero-order valence-electron chi connectivity index (χ0n) is 8.13. The molecule has 0 bridgehead atoms. The first-order chi connectivity index (χ1) is 6.50. The molecule has 0 saturated carbocycles. The summed E-state index contributed by atoms with van der Waals surface area (Å²) in [6.45, 7) is 3.73. The molecule has 1 aromatic rings. The Labute approximate surface area is 81.6 Å². The second kappa shape index (κ2) is 2.85. The Kier molecular flexibility index (Phi) is 1.89. The maximum Gasteiger partial charge on any atom is 0.231 e. The van der Waals surface area contributed by atoms with Crippen LogP contribution in [0.5, 0.6) is 11.5 Å². The van der Waals surface area contributed by atoms with Gasteiger partial charge in [0.2, 0.25) is 12.5 Å². The van der Waals surface area contributed by atoms with Gasteiger partial charge in [0.25, 0.3) is 0 Å². The van der Waals surface area contributed by atoms with Gasteiger partial charge in [0.05, 0.1) is 0 Å². The minimum atomic E-state index is -0.564. The van der Waals surface area contributed by atoms with E-state index in [-0.39, 0.29) is 12.5 Å². The van der Waals surface area contributed by atoms with E-state index in [1.54, 1.807) is 6.07 Å². The third-order valence-corrected chi connectivity index (χ3v) is 2.16. The highest BCUT2D eigenvalue weighted by Gasteiger charge is 2.28. The molecular formula is C10H12FNO2. The third-order valence-electron chi connectivity index (χ3n) is 2.16. The van der Waals surface area contributed by atoms with Crippen molar-refractivity contribution >= 4 is 0 Å². The number of hydrogen-bond acceptors (Lipinski definition) is 3. The molecule has 1 aliphatic heterocycles. The molecule has 0 spiro atoms. The number of benzene rings is 1. The summed E-state index contributed by atoms with van der Waals surface area (Å²) in [5, 5.41) is 0. The lowest BCUT2D eigenvalue weighted by Crippen LogP contribution is -2.29. The molecule has 2 rings (SSSR count). The van der Waals surface area contributed by atoms with Crippen molar-refractivity contribution in [3.63, 3.8) is 0 Å². The summed E-state index contributed by atoms with van der Waals surface area (Å²) >= 11 is 0. The molecule has 4 heteroatoms. The Balaban J connectivity index is 2.60. The predicted octanol–water partition coefficient (Wildman–Crippen LogP) is 1.75. The molecule has 0 unspecified atom stereocenters. The van der Waals surface area contributed by atoms with Gasteiger partial charge in [-0.2, -0.15) is 0 Å². The topological polar surface area (TPSA) is 44.5 Å². The number of halogens is 1. The molecule has 0 atom stereocenters. The van der Waals surface area contributed by atoms with Crippen molar-refractivity contribution in [3.8, 4) is 11.5 Å². The van der Waals surface area contributed by atoms with Crippen LogP contribution < -0.4 is 15.2 Å². The second-order valence-corrected chi connectivity index (χ2v) is 3.88. The molecule has 0 radical (unpaired) electrons. The third kappa shape index (κ3) is 1.32.